The van der Waals surface area contributed by atoms with E-state index >= 15 is 0 Å². The monoisotopic (exact) mass is 405 g/mol. The number of nitrogens with zero attached hydrogens (tertiary/aromatic N) is 1. The highest BCUT2D eigenvalue weighted by Gasteiger charge is 2.43. The van der Waals surface area contributed by atoms with Gasteiger partial charge in [-0.15, -0.1) is 0 Å². The van der Waals surface area contributed by atoms with E-state index in [1.807, 2.05) is 74.8 Å². The van der Waals surface area contributed by atoms with Crippen LogP contribution in [0.4, 0.5) is 4.39 Å². The van der Waals surface area contributed by atoms with Gasteiger partial charge in [0.05, 0.1) is 12.5 Å². The van der Waals surface area contributed by atoms with Crippen LogP contribution in [0.15, 0.2) is 78.9 Å². The van der Waals surface area contributed by atoms with Gasteiger partial charge in [-0.1, -0.05) is 60.7 Å². The second-order valence-corrected chi connectivity index (χ2v) is 7.83. The number of halogens is 1. The van der Waals surface area contributed by atoms with E-state index in [0.717, 1.165) is 11.1 Å². The van der Waals surface area contributed by atoms with Crippen molar-refractivity contribution in [2.75, 3.05) is 21.2 Å². The molecule has 156 valence electrons. The molecule has 0 heterocycles. The van der Waals surface area contributed by atoms with Crippen molar-refractivity contribution < 1.29 is 13.9 Å². The van der Waals surface area contributed by atoms with E-state index in [-0.39, 0.29) is 17.6 Å². The van der Waals surface area contributed by atoms with Crippen LogP contribution in [0.25, 0.3) is 0 Å². The third kappa shape index (κ3) is 4.14. The Hall–Kier alpha value is -2.98. The fourth-order valence-corrected chi connectivity index (χ4v) is 3.88. The van der Waals surface area contributed by atoms with E-state index in [2.05, 4.69) is 11.8 Å². The zero-order chi connectivity index (χ0) is 21.7. The molecule has 3 aromatic carbocycles. The summed E-state index contributed by atoms with van der Waals surface area (Å²) >= 11 is 0. The summed E-state index contributed by atoms with van der Waals surface area (Å²) in [5, 5.41) is 0. The number of methoxy groups -OCH3 is 1. The maximum atomic E-state index is 14.5. The lowest BCUT2D eigenvalue weighted by molar-refractivity contribution is 0.0882. The number of ether oxygens (including phenoxy) is 1. The summed E-state index contributed by atoms with van der Waals surface area (Å²) in [6, 6.07) is 24.1. The molecule has 30 heavy (non-hydrogen) atoms. The Morgan fingerprint density at radius 3 is 1.93 bits per heavy atom. The molecule has 0 aliphatic carbocycles. The minimum Gasteiger partial charge on any atom is -0.494 e. The first-order valence-electron chi connectivity index (χ1n) is 10.1. The minimum absolute atomic E-state index is 0.109. The van der Waals surface area contributed by atoms with Crippen LogP contribution in [0, 0.1) is 5.82 Å². The maximum absolute atomic E-state index is 14.5. The number of carbonyl (C=O) groups excluding carboxylic acids is 1. The molecule has 0 aromatic heterocycles. The Balaban J connectivity index is 2.26. The molecule has 0 amide bonds. The van der Waals surface area contributed by atoms with Crippen molar-refractivity contribution in [1.29, 1.82) is 0 Å². The van der Waals surface area contributed by atoms with Gasteiger partial charge in [0, 0.05) is 11.6 Å². The van der Waals surface area contributed by atoms with Crippen LogP contribution in [0.1, 0.15) is 34.8 Å². The van der Waals surface area contributed by atoms with Crippen LogP contribution < -0.4 is 4.74 Å². The molecule has 4 heteroatoms. The van der Waals surface area contributed by atoms with E-state index in [1.165, 1.54) is 19.2 Å². The van der Waals surface area contributed by atoms with Gasteiger partial charge >= 0.3 is 0 Å². The minimum atomic E-state index is -0.951. The highest BCUT2D eigenvalue weighted by molar-refractivity contribution is 6.06. The molecule has 0 radical (unpaired) electrons. The van der Waals surface area contributed by atoms with Gasteiger partial charge in [0.25, 0.3) is 0 Å². The summed E-state index contributed by atoms with van der Waals surface area (Å²) in [6.07, 6.45) is 0.556. The number of carbonyl (C=O) groups is 1. The summed E-state index contributed by atoms with van der Waals surface area (Å²) in [6.45, 7) is 2.10. The van der Waals surface area contributed by atoms with Gasteiger partial charge in [-0.2, -0.15) is 0 Å². The average Bonchev–Trinajstić information content (AvgIpc) is 2.78. The Bertz CT molecular complexity index is 947. The topological polar surface area (TPSA) is 29.5 Å². The number of hydrogen-bond donors (Lipinski definition) is 0. The lowest BCUT2D eigenvalue weighted by atomic mass is 9.66. The van der Waals surface area contributed by atoms with Crippen LogP contribution in [0.3, 0.4) is 0 Å². The largest absolute Gasteiger partial charge is 0.494 e. The Morgan fingerprint density at radius 1 is 0.967 bits per heavy atom. The molecular weight excluding hydrogens is 377 g/mol. The molecule has 0 fully saturated rings. The standard InChI is InChI=1S/C26H28FNO2/c1-19(28(2)3)18-26(21-11-7-5-8-12-21,22-13-9-6-10-14-22)25(29)20-15-16-24(30-4)23(27)17-20/h5-17,19H,18H2,1-4H3/t19-/m0/s1. The van der Waals surface area contributed by atoms with E-state index < -0.39 is 11.2 Å². The molecule has 0 unspecified atom stereocenters. The van der Waals surface area contributed by atoms with Crippen LogP contribution in [0.5, 0.6) is 5.75 Å². The summed E-state index contributed by atoms with van der Waals surface area (Å²) in [4.78, 5) is 16.3. The molecule has 0 aliphatic heterocycles. The average molecular weight is 406 g/mol. The van der Waals surface area contributed by atoms with Crippen molar-refractivity contribution in [2.45, 2.75) is 24.8 Å². The van der Waals surface area contributed by atoms with Gasteiger partial charge in [-0.3, -0.25) is 4.79 Å². The maximum Gasteiger partial charge on any atom is 0.177 e. The number of benzene rings is 3. The first-order valence-corrected chi connectivity index (χ1v) is 10.1. The van der Waals surface area contributed by atoms with E-state index in [4.69, 9.17) is 4.74 Å². The van der Waals surface area contributed by atoms with Crippen molar-refractivity contribution in [2.24, 2.45) is 0 Å². The fraction of sp³-hybridized carbons (Fsp3) is 0.269. The van der Waals surface area contributed by atoms with E-state index in [0.29, 0.717) is 12.0 Å². The van der Waals surface area contributed by atoms with Crippen molar-refractivity contribution in [1.82, 2.24) is 4.90 Å². The van der Waals surface area contributed by atoms with Gasteiger partial charge in [-0.05, 0) is 56.8 Å². The van der Waals surface area contributed by atoms with Gasteiger partial charge in [-0.25, -0.2) is 4.39 Å². The van der Waals surface area contributed by atoms with Crippen molar-refractivity contribution in [3.05, 3.63) is 101 Å². The van der Waals surface area contributed by atoms with Crippen LogP contribution >= 0.6 is 0 Å². The number of hydrogen-bond acceptors (Lipinski definition) is 3. The molecule has 3 nitrogen and oxygen atoms in total. The molecule has 0 saturated carbocycles. The first kappa shape index (κ1) is 21.7. The predicted molar refractivity (Wildman–Crippen MR) is 119 cm³/mol. The van der Waals surface area contributed by atoms with E-state index in [9.17, 15) is 9.18 Å². The summed E-state index contributed by atoms with van der Waals surface area (Å²) in [7, 11) is 5.42. The van der Waals surface area contributed by atoms with Crippen LogP contribution in [-0.2, 0) is 5.41 Å². The SMILES string of the molecule is COc1ccc(C(=O)C(C[C@H](C)N(C)C)(c2ccccc2)c2ccccc2)cc1F. The number of ketones is 1. The second-order valence-electron chi connectivity index (χ2n) is 7.83. The molecule has 1 atom stereocenters. The van der Waals surface area contributed by atoms with Crippen molar-refractivity contribution in [3.8, 4) is 5.75 Å². The normalized spacial score (nSPS) is 12.6. The zero-order valence-electron chi connectivity index (χ0n) is 17.9. The zero-order valence-corrected chi connectivity index (χ0v) is 17.9. The van der Waals surface area contributed by atoms with Crippen LogP contribution in [0.2, 0.25) is 0 Å². The summed E-state index contributed by atoms with van der Waals surface area (Å²) in [5.74, 6) is -0.549. The van der Waals surface area contributed by atoms with Gasteiger partial charge in [0.2, 0.25) is 0 Å². The summed E-state index contributed by atoms with van der Waals surface area (Å²) < 4.78 is 19.5. The van der Waals surface area contributed by atoms with Gasteiger partial charge < -0.3 is 9.64 Å². The molecule has 0 N–H and O–H groups in total. The lowest BCUT2D eigenvalue weighted by Gasteiger charge is -2.38. The van der Waals surface area contributed by atoms with E-state index in [1.54, 1.807) is 6.07 Å². The molecule has 0 saturated heterocycles. The van der Waals surface area contributed by atoms with Gasteiger partial charge in [0.15, 0.2) is 17.3 Å². The molecule has 0 bridgehead atoms. The third-order valence-corrected chi connectivity index (χ3v) is 5.82. The second kappa shape index (κ2) is 9.23. The number of rotatable bonds is 8. The van der Waals surface area contributed by atoms with Crippen molar-refractivity contribution in [3.63, 3.8) is 0 Å². The van der Waals surface area contributed by atoms with Crippen LogP contribution in [-0.4, -0.2) is 37.9 Å². The lowest BCUT2D eigenvalue weighted by Crippen LogP contribution is -2.43. The summed E-state index contributed by atoms with van der Waals surface area (Å²) in [5.41, 5.74) is 1.16. The first-order chi connectivity index (χ1) is 14.4. The highest BCUT2D eigenvalue weighted by atomic mass is 19.1. The quantitative estimate of drug-likeness (QED) is 0.474. The Kier molecular flexibility index (Phi) is 6.68. The Morgan fingerprint density at radius 2 is 1.50 bits per heavy atom. The third-order valence-electron chi connectivity index (χ3n) is 5.82. The van der Waals surface area contributed by atoms with Gasteiger partial charge in [0.1, 0.15) is 0 Å². The fourth-order valence-electron chi connectivity index (χ4n) is 3.88. The predicted octanol–water partition coefficient (Wildman–Crippen LogP) is 5.34. The smallest absolute Gasteiger partial charge is 0.177 e. The number of Topliss-reactive ketones (excluding diaryl/α,β-unsaturated/α-hetero) is 1. The Labute approximate surface area is 178 Å². The molecule has 3 aromatic rings. The van der Waals surface area contributed by atoms with Crippen molar-refractivity contribution >= 4 is 5.78 Å². The highest BCUT2D eigenvalue weighted by Crippen LogP contribution is 2.41. The molecule has 3 rings (SSSR count). The molecule has 0 spiro atoms. The molecular formula is C26H28FNO2. The molecule has 0 aliphatic rings.